The smallest absolute Gasteiger partial charge is 0.253 e. The van der Waals surface area contributed by atoms with Crippen LogP contribution in [0.15, 0.2) is 0 Å². The van der Waals surface area contributed by atoms with E-state index in [1.54, 1.807) is 0 Å². The molecule has 0 aromatic heterocycles. The van der Waals surface area contributed by atoms with Gasteiger partial charge in [-0.05, 0) is 23.2 Å². The molecule has 1 saturated heterocycles. The van der Waals surface area contributed by atoms with Gasteiger partial charge in [0.05, 0.1) is 0 Å². The number of ether oxygens (including phenoxy) is 2. The van der Waals surface area contributed by atoms with Crippen LogP contribution in [0.4, 0.5) is 0 Å². The van der Waals surface area contributed by atoms with Crippen LogP contribution in [0.5, 0.6) is 0 Å². The fraction of sp³-hybridized carbons (Fsp3) is 0.600. The number of carbonyl (C=O) groups is 2. The predicted octanol–water partition coefficient (Wildman–Crippen LogP) is 0.259. The Kier molecular flexibility index (Phi) is 2.84. The van der Waals surface area contributed by atoms with Crippen LogP contribution in [0.1, 0.15) is 0 Å². The van der Waals surface area contributed by atoms with Gasteiger partial charge in [0, 0.05) is 0 Å². The normalized spacial score (nSPS) is 30.4. The fourth-order valence-electron chi connectivity index (χ4n) is 0.730. The summed E-state index contributed by atoms with van der Waals surface area (Å²) in [7, 11) is 0. The summed E-state index contributed by atoms with van der Waals surface area (Å²) in [5, 5.41) is -1.55. The van der Waals surface area contributed by atoms with Gasteiger partial charge < -0.3 is 9.47 Å². The van der Waals surface area contributed by atoms with E-state index in [0.29, 0.717) is 0 Å². The van der Waals surface area contributed by atoms with Crippen LogP contribution < -0.4 is 0 Å². The van der Waals surface area contributed by atoms with Crippen molar-refractivity contribution in [3.8, 4) is 0 Å². The predicted molar refractivity (Wildman–Crippen MR) is 36.3 cm³/mol. The molecule has 0 N–H and O–H groups in total. The van der Waals surface area contributed by atoms with Crippen LogP contribution in [0, 0.1) is 0 Å². The Labute approximate surface area is 72.3 Å². The van der Waals surface area contributed by atoms with Gasteiger partial charge in [-0.25, -0.2) is 0 Å². The average Bonchev–Trinajstić information content (AvgIpc) is 2.32. The Morgan fingerprint density at radius 1 is 1.09 bits per heavy atom. The van der Waals surface area contributed by atoms with Crippen molar-refractivity contribution in [2.24, 2.45) is 0 Å². The van der Waals surface area contributed by atoms with Gasteiger partial charge in [0.2, 0.25) is 0 Å². The van der Waals surface area contributed by atoms with E-state index in [1.165, 1.54) is 0 Å². The van der Waals surface area contributed by atoms with Gasteiger partial charge in [0.15, 0.2) is 12.2 Å². The summed E-state index contributed by atoms with van der Waals surface area (Å²) < 4.78 is 9.36. The third-order valence-electron chi connectivity index (χ3n) is 1.22. The highest BCUT2D eigenvalue weighted by Gasteiger charge is 2.38. The molecule has 1 heterocycles. The first kappa shape index (κ1) is 8.93. The lowest BCUT2D eigenvalue weighted by Crippen LogP contribution is -2.32. The minimum Gasteiger partial charge on any atom is -0.340 e. The van der Waals surface area contributed by atoms with Gasteiger partial charge >= 0.3 is 0 Å². The molecule has 1 fully saturated rings. The van der Waals surface area contributed by atoms with Gasteiger partial charge in [-0.15, -0.1) is 0 Å². The first-order chi connectivity index (χ1) is 5.13. The zero-order chi connectivity index (χ0) is 8.43. The molecule has 0 aromatic rings. The molecule has 0 radical (unpaired) electrons. The molecule has 0 spiro atoms. The summed E-state index contributed by atoms with van der Waals surface area (Å²) in [5.74, 6) is 0. The summed E-state index contributed by atoms with van der Waals surface area (Å²) in [5.41, 5.74) is 0. The number of carbonyl (C=O) groups excluding carboxylic acids is 2. The van der Waals surface area contributed by atoms with E-state index in [-0.39, 0.29) is 6.79 Å². The Balaban J connectivity index is 2.65. The molecule has 0 aliphatic carbocycles. The minimum absolute atomic E-state index is 0.133. The summed E-state index contributed by atoms with van der Waals surface area (Å²) >= 11 is 10.1. The lowest BCUT2D eigenvalue weighted by atomic mass is 10.2. The van der Waals surface area contributed by atoms with Crippen molar-refractivity contribution < 1.29 is 19.1 Å². The summed E-state index contributed by atoms with van der Waals surface area (Å²) in [6.07, 6.45) is -2.11. The monoisotopic (exact) mass is 198 g/mol. The molecule has 62 valence electrons. The Bertz CT molecular complexity index is 173. The van der Waals surface area contributed by atoms with Crippen molar-refractivity contribution >= 4 is 33.7 Å². The Morgan fingerprint density at radius 2 is 1.45 bits per heavy atom. The molecule has 0 saturated carbocycles. The maximum atomic E-state index is 10.5. The first-order valence-corrected chi connectivity index (χ1v) is 3.50. The highest BCUT2D eigenvalue weighted by Crippen LogP contribution is 2.17. The van der Waals surface area contributed by atoms with Gasteiger partial charge in [-0.1, -0.05) is 0 Å². The molecule has 1 aliphatic rings. The van der Waals surface area contributed by atoms with E-state index in [2.05, 4.69) is 9.47 Å². The van der Waals surface area contributed by atoms with E-state index in [9.17, 15) is 9.59 Å². The van der Waals surface area contributed by atoms with Crippen molar-refractivity contribution in [3.05, 3.63) is 0 Å². The minimum atomic E-state index is -1.05. The average molecular weight is 199 g/mol. The summed E-state index contributed by atoms with van der Waals surface area (Å²) in [6, 6.07) is 0. The van der Waals surface area contributed by atoms with Crippen molar-refractivity contribution in [2.45, 2.75) is 12.2 Å². The fourth-order valence-corrected chi connectivity index (χ4v) is 1.08. The molecule has 2 unspecified atom stereocenters. The molecule has 1 aliphatic heterocycles. The van der Waals surface area contributed by atoms with Crippen LogP contribution in [0.3, 0.4) is 0 Å². The highest BCUT2D eigenvalue weighted by atomic mass is 35.5. The molecular formula is C5H4Cl2O4. The van der Waals surface area contributed by atoms with Gasteiger partial charge in [0.1, 0.15) is 6.79 Å². The zero-order valence-corrected chi connectivity index (χ0v) is 6.76. The molecule has 0 bridgehead atoms. The second-order valence-electron chi connectivity index (χ2n) is 1.90. The van der Waals surface area contributed by atoms with Crippen molar-refractivity contribution in [1.82, 2.24) is 0 Å². The van der Waals surface area contributed by atoms with E-state index >= 15 is 0 Å². The molecule has 0 aromatic carbocycles. The second-order valence-corrected chi connectivity index (χ2v) is 2.65. The topological polar surface area (TPSA) is 52.6 Å². The van der Waals surface area contributed by atoms with Crippen molar-refractivity contribution in [2.75, 3.05) is 6.79 Å². The molecule has 4 nitrogen and oxygen atoms in total. The summed E-state index contributed by atoms with van der Waals surface area (Å²) in [4.78, 5) is 21.0. The maximum Gasteiger partial charge on any atom is 0.253 e. The molecular weight excluding hydrogens is 195 g/mol. The number of rotatable bonds is 2. The third-order valence-corrected chi connectivity index (χ3v) is 1.65. The van der Waals surface area contributed by atoms with E-state index in [0.717, 1.165) is 0 Å². The van der Waals surface area contributed by atoms with Gasteiger partial charge in [-0.2, -0.15) is 0 Å². The molecule has 6 heteroatoms. The van der Waals surface area contributed by atoms with E-state index in [1.807, 2.05) is 0 Å². The first-order valence-electron chi connectivity index (χ1n) is 2.75. The lowest BCUT2D eigenvalue weighted by molar-refractivity contribution is -0.126. The van der Waals surface area contributed by atoms with Gasteiger partial charge in [-0.3, -0.25) is 9.59 Å². The van der Waals surface area contributed by atoms with E-state index < -0.39 is 22.7 Å². The number of hydrogen-bond donors (Lipinski definition) is 0. The van der Waals surface area contributed by atoms with Crippen LogP contribution in [0.25, 0.3) is 0 Å². The lowest BCUT2D eigenvalue weighted by Gasteiger charge is -2.06. The quantitative estimate of drug-likeness (QED) is 0.598. The van der Waals surface area contributed by atoms with Crippen molar-refractivity contribution in [1.29, 1.82) is 0 Å². The summed E-state index contributed by atoms with van der Waals surface area (Å²) in [6.45, 7) is -0.133. The van der Waals surface area contributed by atoms with E-state index in [4.69, 9.17) is 23.2 Å². The van der Waals surface area contributed by atoms with Gasteiger partial charge in [0.25, 0.3) is 10.5 Å². The standard InChI is InChI=1S/C5H4Cl2O4/c6-4(8)2-3(5(7)9)11-1-10-2/h2-3H,1H2. The number of hydrogen-bond acceptors (Lipinski definition) is 4. The van der Waals surface area contributed by atoms with Crippen molar-refractivity contribution in [3.63, 3.8) is 0 Å². The van der Waals surface area contributed by atoms with Crippen LogP contribution in [-0.2, 0) is 19.1 Å². The second kappa shape index (κ2) is 3.49. The molecule has 11 heavy (non-hydrogen) atoms. The molecule has 2 atom stereocenters. The highest BCUT2D eigenvalue weighted by molar-refractivity contribution is 6.67. The zero-order valence-electron chi connectivity index (χ0n) is 5.25. The van der Waals surface area contributed by atoms with Crippen LogP contribution >= 0.6 is 23.2 Å². The third kappa shape index (κ3) is 1.90. The molecule has 1 rings (SSSR count). The Morgan fingerprint density at radius 3 is 1.73 bits per heavy atom. The maximum absolute atomic E-state index is 10.5. The van der Waals surface area contributed by atoms with Crippen LogP contribution in [0.2, 0.25) is 0 Å². The SMILES string of the molecule is O=C(Cl)C1OCOC1C(=O)Cl. The largest absolute Gasteiger partial charge is 0.340 e. The molecule has 0 amide bonds. The van der Waals surface area contributed by atoms with Crippen LogP contribution in [-0.4, -0.2) is 29.5 Å². The number of halogens is 2. The Hall–Kier alpha value is -0.160.